The molecule has 30 heavy (non-hydrogen) atoms. The van der Waals surface area contributed by atoms with Crippen molar-refractivity contribution in [2.45, 2.75) is 25.9 Å². The Morgan fingerprint density at radius 3 is 2.67 bits per heavy atom. The number of aliphatic imine (C=N–C) groups is 1. The molecule has 162 valence electrons. The average Bonchev–Trinajstić information content (AvgIpc) is 3.39. The maximum Gasteiger partial charge on any atom is 0.191 e. The Kier molecular flexibility index (Phi) is 9.25. The van der Waals surface area contributed by atoms with E-state index >= 15 is 0 Å². The minimum absolute atomic E-state index is 0. The molecule has 1 unspecified atom stereocenters. The average molecular weight is 543 g/mol. The van der Waals surface area contributed by atoms with Crippen LogP contribution in [-0.2, 0) is 12.0 Å². The van der Waals surface area contributed by atoms with Crippen LogP contribution in [0.25, 0.3) is 5.69 Å². The van der Waals surface area contributed by atoms with Crippen molar-refractivity contribution >= 4 is 41.3 Å². The number of thiophene rings is 1. The number of hydrogen-bond donors (Lipinski definition) is 3. The van der Waals surface area contributed by atoms with Gasteiger partial charge in [0.2, 0.25) is 0 Å². The summed E-state index contributed by atoms with van der Waals surface area (Å²) in [7, 11) is 0. The highest BCUT2D eigenvalue weighted by molar-refractivity contribution is 14.0. The summed E-state index contributed by atoms with van der Waals surface area (Å²) in [4.78, 5) is 5.42. The molecule has 0 saturated heterocycles. The van der Waals surface area contributed by atoms with Crippen LogP contribution in [0.1, 0.15) is 24.4 Å². The molecule has 6 nitrogen and oxygen atoms in total. The van der Waals surface area contributed by atoms with E-state index in [2.05, 4.69) is 20.7 Å². The summed E-state index contributed by atoms with van der Waals surface area (Å²) in [5, 5.41) is 23.6. The Bertz CT molecular complexity index is 925. The van der Waals surface area contributed by atoms with Gasteiger partial charge in [0.25, 0.3) is 0 Å². The summed E-state index contributed by atoms with van der Waals surface area (Å²) in [6.45, 7) is 5.41. The highest BCUT2D eigenvalue weighted by Crippen LogP contribution is 2.25. The van der Waals surface area contributed by atoms with Crippen molar-refractivity contribution in [3.8, 4) is 5.69 Å². The van der Waals surface area contributed by atoms with E-state index in [-0.39, 0.29) is 36.3 Å². The lowest BCUT2D eigenvalue weighted by atomic mass is 10.1. The van der Waals surface area contributed by atoms with Gasteiger partial charge in [-0.25, -0.2) is 14.1 Å². The molecule has 9 heteroatoms. The molecule has 0 spiro atoms. The second-order valence-corrected chi connectivity index (χ2v) is 7.80. The van der Waals surface area contributed by atoms with E-state index in [1.807, 2.05) is 36.7 Å². The van der Waals surface area contributed by atoms with Crippen LogP contribution in [-0.4, -0.2) is 40.5 Å². The van der Waals surface area contributed by atoms with Crippen molar-refractivity contribution < 1.29 is 9.50 Å². The molecule has 3 rings (SSSR count). The smallest absolute Gasteiger partial charge is 0.191 e. The number of aliphatic hydroxyl groups is 1. The van der Waals surface area contributed by atoms with Gasteiger partial charge in [-0.2, -0.15) is 5.10 Å². The molecule has 2 heterocycles. The summed E-state index contributed by atoms with van der Waals surface area (Å²) < 4.78 is 14.8. The van der Waals surface area contributed by atoms with E-state index in [0.29, 0.717) is 18.9 Å². The van der Waals surface area contributed by atoms with Gasteiger partial charge in [-0.15, -0.1) is 35.3 Å². The number of hydrogen-bond acceptors (Lipinski definition) is 4. The largest absolute Gasteiger partial charge is 0.383 e. The van der Waals surface area contributed by atoms with Crippen LogP contribution in [0.15, 0.2) is 59.0 Å². The monoisotopic (exact) mass is 543 g/mol. The quantitative estimate of drug-likeness (QED) is 0.230. The van der Waals surface area contributed by atoms with Crippen LogP contribution in [0.4, 0.5) is 4.39 Å². The fourth-order valence-corrected chi connectivity index (χ4v) is 3.56. The predicted molar refractivity (Wildman–Crippen MR) is 131 cm³/mol. The van der Waals surface area contributed by atoms with Gasteiger partial charge in [-0.3, -0.25) is 0 Å². The zero-order valence-corrected chi connectivity index (χ0v) is 20.2. The first kappa shape index (κ1) is 24.3. The summed E-state index contributed by atoms with van der Waals surface area (Å²) in [5.41, 5.74) is 0.740. The molecule has 0 saturated carbocycles. The molecule has 3 aromatic rings. The van der Waals surface area contributed by atoms with Crippen LogP contribution in [0.2, 0.25) is 0 Å². The maximum atomic E-state index is 13.1. The third-order valence-electron chi connectivity index (χ3n) is 4.35. The standard InChI is InChI=1S/C21H26FN5OS.HI/c1-3-23-20(25-15-21(2,28)19-5-4-14-29-19)24-12-10-17-11-13-27(26-17)18-8-6-16(22)7-9-18;/h4-9,11,13-14,28H,3,10,12,15H2,1-2H3,(H2,23,24,25);1H. The van der Waals surface area contributed by atoms with Crippen molar-refractivity contribution in [3.05, 3.63) is 70.4 Å². The Morgan fingerprint density at radius 2 is 2.00 bits per heavy atom. The number of guanidine groups is 1. The van der Waals surface area contributed by atoms with Crippen molar-refractivity contribution in [2.24, 2.45) is 4.99 Å². The number of benzene rings is 1. The summed E-state index contributed by atoms with van der Waals surface area (Å²) >= 11 is 1.52. The molecule has 3 N–H and O–H groups in total. The third kappa shape index (κ3) is 6.78. The number of aromatic nitrogens is 2. The molecule has 0 fully saturated rings. The SMILES string of the molecule is CCNC(=NCC(C)(O)c1cccs1)NCCc1ccn(-c2ccc(F)cc2)n1.I. The van der Waals surface area contributed by atoms with Crippen LogP contribution in [0, 0.1) is 5.82 Å². The summed E-state index contributed by atoms with van der Waals surface area (Å²) in [6.07, 6.45) is 2.57. The van der Waals surface area contributed by atoms with E-state index in [4.69, 9.17) is 0 Å². The van der Waals surface area contributed by atoms with E-state index in [1.54, 1.807) is 23.7 Å². The second kappa shape index (κ2) is 11.4. The van der Waals surface area contributed by atoms with Gasteiger partial charge in [0, 0.05) is 30.6 Å². The highest BCUT2D eigenvalue weighted by atomic mass is 127. The van der Waals surface area contributed by atoms with Gasteiger partial charge in [0.1, 0.15) is 11.4 Å². The number of nitrogens with zero attached hydrogens (tertiary/aromatic N) is 3. The second-order valence-electron chi connectivity index (χ2n) is 6.85. The first-order chi connectivity index (χ1) is 14.0. The van der Waals surface area contributed by atoms with E-state index in [9.17, 15) is 9.50 Å². The van der Waals surface area contributed by atoms with Crippen LogP contribution >= 0.6 is 35.3 Å². The fourth-order valence-electron chi connectivity index (χ4n) is 2.78. The van der Waals surface area contributed by atoms with Gasteiger partial charge in [-0.05, 0) is 55.6 Å². The lowest BCUT2D eigenvalue weighted by Crippen LogP contribution is -2.39. The molecule has 1 atom stereocenters. The van der Waals surface area contributed by atoms with E-state index in [0.717, 1.165) is 22.8 Å². The van der Waals surface area contributed by atoms with Gasteiger partial charge in [-0.1, -0.05) is 6.07 Å². The zero-order chi connectivity index (χ0) is 20.7. The first-order valence-electron chi connectivity index (χ1n) is 9.57. The fraction of sp³-hybridized carbons (Fsp3) is 0.333. The highest BCUT2D eigenvalue weighted by Gasteiger charge is 2.23. The molecule has 2 aromatic heterocycles. The minimum atomic E-state index is -0.996. The summed E-state index contributed by atoms with van der Waals surface area (Å²) in [5.74, 6) is 0.390. The predicted octanol–water partition coefficient (Wildman–Crippen LogP) is 3.70. The lowest BCUT2D eigenvalue weighted by Gasteiger charge is -2.20. The van der Waals surface area contributed by atoms with Gasteiger partial charge in [0.15, 0.2) is 5.96 Å². The molecule has 0 bridgehead atoms. The van der Waals surface area contributed by atoms with Gasteiger partial charge in [0.05, 0.1) is 17.9 Å². The minimum Gasteiger partial charge on any atom is -0.383 e. The normalized spacial score (nSPS) is 13.4. The van der Waals surface area contributed by atoms with E-state index in [1.165, 1.54) is 23.5 Å². The van der Waals surface area contributed by atoms with Crippen molar-refractivity contribution in [3.63, 3.8) is 0 Å². The molecule has 0 aliphatic heterocycles. The van der Waals surface area contributed by atoms with E-state index < -0.39 is 5.60 Å². The number of nitrogens with one attached hydrogen (secondary N) is 2. The topological polar surface area (TPSA) is 74.5 Å². The molecule has 0 amide bonds. The molecular weight excluding hydrogens is 516 g/mol. The molecule has 0 radical (unpaired) electrons. The van der Waals surface area contributed by atoms with Crippen molar-refractivity contribution in [2.75, 3.05) is 19.6 Å². The Hall–Kier alpha value is -1.98. The Morgan fingerprint density at radius 1 is 1.23 bits per heavy atom. The molecule has 0 aliphatic rings. The Balaban J connectivity index is 0.00000320. The Labute approximate surface area is 197 Å². The number of halogens is 2. The van der Waals surface area contributed by atoms with Crippen molar-refractivity contribution in [1.29, 1.82) is 0 Å². The van der Waals surface area contributed by atoms with Gasteiger partial charge < -0.3 is 15.7 Å². The maximum absolute atomic E-state index is 13.1. The zero-order valence-electron chi connectivity index (χ0n) is 17.0. The number of rotatable bonds is 8. The molecular formula is C21H27FIN5OS. The lowest BCUT2D eigenvalue weighted by molar-refractivity contribution is 0.0711. The summed E-state index contributed by atoms with van der Waals surface area (Å²) in [6, 6.07) is 12.0. The van der Waals surface area contributed by atoms with Crippen LogP contribution in [0.3, 0.4) is 0 Å². The molecule has 0 aliphatic carbocycles. The first-order valence-corrected chi connectivity index (χ1v) is 10.4. The van der Waals surface area contributed by atoms with Crippen molar-refractivity contribution in [1.82, 2.24) is 20.4 Å². The molecule has 1 aromatic carbocycles. The third-order valence-corrected chi connectivity index (χ3v) is 5.47. The van der Waals surface area contributed by atoms with Gasteiger partial charge >= 0.3 is 0 Å². The van der Waals surface area contributed by atoms with Crippen LogP contribution in [0.5, 0.6) is 0 Å². The van der Waals surface area contributed by atoms with Crippen LogP contribution < -0.4 is 10.6 Å².